The highest BCUT2D eigenvalue weighted by Crippen LogP contribution is 2.24. The second-order valence-corrected chi connectivity index (χ2v) is 5.59. The summed E-state index contributed by atoms with van der Waals surface area (Å²) in [7, 11) is 0. The van der Waals surface area contributed by atoms with Crippen LogP contribution in [0.1, 0.15) is 35.9 Å². The maximum Gasteiger partial charge on any atom is 0.272 e. The zero-order chi connectivity index (χ0) is 15.7. The number of ether oxygens (including phenoxy) is 1. The minimum atomic E-state index is -0.434. The Balaban J connectivity index is 2.01. The number of piperidine rings is 1. The summed E-state index contributed by atoms with van der Waals surface area (Å²) in [6, 6.07) is 3.70. The van der Waals surface area contributed by atoms with E-state index in [0.717, 1.165) is 12.8 Å². The number of aromatic nitrogens is 2. The van der Waals surface area contributed by atoms with Gasteiger partial charge in [0.2, 0.25) is 0 Å². The largest absolute Gasteiger partial charge is 0.490 e. The maximum absolute atomic E-state index is 12.8. The van der Waals surface area contributed by atoms with Crippen molar-refractivity contribution >= 4 is 11.6 Å². The van der Waals surface area contributed by atoms with Crippen LogP contribution in [0.4, 0.5) is 0 Å². The van der Waals surface area contributed by atoms with Crippen LogP contribution in [0.5, 0.6) is 5.75 Å². The van der Waals surface area contributed by atoms with Gasteiger partial charge in [-0.05, 0) is 38.8 Å². The lowest BCUT2D eigenvalue weighted by Crippen LogP contribution is -2.42. The van der Waals surface area contributed by atoms with Crippen LogP contribution in [0.15, 0.2) is 18.3 Å². The number of carbonyl (C=O) groups excluding carboxylic acids is 1. The number of hydrogen-bond acceptors (Lipinski definition) is 4. The van der Waals surface area contributed by atoms with Crippen molar-refractivity contribution in [3.05, 3.63) is 29.7 Å². The number of fused-ring (bicyclic) bond motifs is 1. The second-order valence-electron chi connectivity index (χ2n) is 5.59. The van der Waals surface area contributed by atoms with Crippen molar-refractivity contribution in [2.75, 3.05) is 19.7 Å². The minimum Gasteiger partial charge on any atom is -0.490 e. The normalized spacial score (nSPS) is 18.7. The fourth-order valence-corrected chi connectivity index (χ4v) is 2.97. The van der Waals surface area contributed by atoms with Crippen LogP contribution >= 0.6 is 0 Å². The Hall–Kier alpha value is -2.08. The van der Waals surface area contributed by atoms with Gasteiger partial charge in [-0.25, -0.2) is 4.98 Å². The van der Waals surface area contributed by atoms with Crippen molar-refractivity contribution in [3.63, 3.8) is 0 Å². The van der Waals surface area contributed by atoms with Gasteiger partial charge in [-0.1, -0.05) is 0 Å². The third-order valence-corrected chi connectivity index (χ3v) is 3.97. The summed E-state index contributed by atoms with van der Waals surface area (Å²) in [6.45, 7) is 5.36. The molecule has 0 saturated carbocycles. The SMILES string of the molecule is CCOc1cccn2c(C(=O)N3CCCC(O)C3)c(C)nc12. The third kappa shape index (κ3) is 2.54. The molecule has 6 nitrogen and oxygen atoms in total. The van der Waals surface area contributed by atoms with Crippen LogP contribution in [-0.4, -0.2) is 51.1 Å². The van der Waals surface area contributed by atoms with Gasteiger partial charge in [0.15, 0.2) is 11.4 Å². The van der Waals surface area contributed by atoms with E-state index >= 15 is 0 Å². The lowest BCUT2D eigenvalue weighted by atomic mass is 10.1. The molecule has 3 rings (SSSR count). The summed E-state index contributed by atoms with van der Waals surface area (Å²) in [4.78, 5) is 19.0. The van der Waals surface area contributed by atoms with Gasteiger partial charge in [0.1, 0.15) is 5.69 Å². The molecule has 1 atom stereocenters. The highest BCUT2D eigenvalue weighted by atomic mass is 16.5. The number of carbonyl (C=O) groups is 1. The zero-order valence-corrected chi connectivity index (χ0v) is 13.0. The molecule has 1 aliphatic rings. The van der Waals surface area contributed by atoms with Gasteiger partial charge in [0.25, 0.3) is 5.91 Å². The number of aryl methyl sites for hydroxylation is 1. The molecule has 118 valence electrons. The summed E-state index contributed by atoms with van der Waals surface area (Å²) in [5.74, 6) is 0.586. The van der Waals surface area contributed by atoms with Crippen molar-refractivity contribution in [1.29, 1.82) is 0 Å². The molecule has 1 fully saturated rings. The van der Waals surface area contributed by atoms with Crippen LogP contribution in [0, 0.1) is 6.92 Å². The van der Waals surface area contributed by atoms with Gasteiger partial charge < -0.3 is 14.7 Å². The Morgan fingerprint density at radius 2 is 2.36 bits per heavy atom. The fourth-order valence-electron chi connectivity index (χ4n) is 2.97. The summed E-state index contributed by atoms with van der Waals surface area (Å²) in [5, 5.41) is 9.79. The van der Waals surface area contributed by atoms with Gasteiger partial charge >= 0.3 is 0 Å². The van der Waals surface area contributed by atoms with E-state index in [1.165, 1.54) is 0 Å². The number of aliphatic hydroxyl groups excluding tert-OH is 1. The van der Waals surface area contributed by atoms with Gasteiger partial charge in [0, 0.05) is 19.3 Å². The molecular formula is C16H21N3O3. The molecule has 0 spiro atoms. The van der Waals surface area contributed by atoms with Crippen LogP contribution < -0.4 is 4.74 Å². The number of imidazole rings is 1. The maximum atomic E-state index is 12.8. The second kappa shape index (κ2) is 5.96. The van der Waals surface area contributed by atoms with Gasteiger partial charge in [0.05, 0.1) is 18.4 Å². The summed E-state index contributed by atoms with van der Waals surface area (Å²) >= 11 is 0. The van der Waals surface area contributed by atoms with Crippen molar-refractivity contribution in [2.24, 2.45) is 0 Å². The van der Waals surface area contributed by atoms with E-state index in [1.807, 2.05) is 32.2 Å². The van der Waals surface area contributed by atoms with Crippen LogP contribution in [-0.2, 0) is 0 Å². The zero-order valence-electron chi connectivity index (χ0n) is 13.0. The first-order chi connectivity index (χ1) is 10.6. The predicted molar refractivity (Wildman–Crippen MR) is 82.2 cm³/mol. The molecule has 1 N–H and O–H groups in total. The molecule has 0 aliphatic carbocycles. The standard InChI is InChI=1S/C16H21N3O3/c1-3-22-13-7-5-9-19-14(11(2)17-15(13)19)16(21)18-8-4-6-12(20)10-18/h5,7,9,12,20H,3-4,6,8,10H2,1-2H3. The summed E-state index contributed by atoms with van der Waals surface area (Å²) in [5.41, 5.74) is 1.88. The smallest absolute Gasteiger partial charge is 0.272 e. The highest BCUT2D eigenvalue weighted by molar-refractivity contribution is 5.95. The predicted octanol–water partition coefficient (Wildman–Crippen LogP) is 1.64. The monoisotopic (exact) mass is 303 g/mol. The lowest BCUT2D eigenvalue weighted by molar-refractivity contribution is 0.0467. The summed E-state index contributed by atoms with van der Waals surface area (Å²) < 4.78 is 7.36. The van der Waals surface area contributed by atoms with E-state index < -0.39 is 6.10 Å². The van der Waals surface area contributed by atoms with E-state index in [4.69, 9.17) is 4.74 Å². The van der Waals surface area contributed by atoms with E-state index in [9.17, 15) is 9.90 Å². The van der Waals surface area contributed by atoms with Crippen molar-refractivity contribution in [2.45, 2.75) is 32.8 Å². The van der Waals surface area contributed by atoms with Crippen molar-refractivity contribution < 1.29 is 14.6 Å². The van der Waals surface area contributed by atoms with Crippen molar-refractivity contribution in [3.8, 4) is 5.75 Å². The first-order valence-corrected chi connectivity index (χ1v) is 7.69. The Morgan fingerprint density at radius 1 is 1.55 bits per heavy atom. The number of pyridine rings is 1. The first-order valence-electron chi connectivity index (χ1n) is 7.69. The Labute approximate surface area is 129 Å². The Morgan fingerprint density at radius 3 is 3.09 bits per heavy atom. The Kier molecular flexibility index (Phi) is 4.02. The minimum absolute atomic E-state index is 0.0857. The van der Waals surface area contributed by atoms with E-state index in [1.54, 1.807) is 9.30 Å². The molecule has 1 saturated heterocycles. The molecule has 0 bridgehead atoms. The molecule has 1 amide bonds. The molecular weight excluding hydrogens is 282 g/mol. The highest BCUT2D eigenvalue weighted by Gasteiger charge is 2.27. The van der Waals surface area contributed by atoms with E-state index in [-0.39, 0.29) is 5.91 Å². The number of nitrogens with zero attached hydrogens (tertiary/aromatic N) is 3. The van der Waals surface area contributed by atoms with Gasteiger partial charge in [-0.15, -0.1) is 0 Å². The fraction of sp³-hybridized carbons (Fsp3) is 0.500. The van der Waals surface area contributed by atoms with Crippen LogP contribution in [0.2, 0.25) is 0 Å². The average Bonchev–Trinajstić information content (AvgIpc) is 2.84. The Bertz CT molecular complexity index is 695. The molecule has 3 heterocycles. The van der Waals surface area contributed by atoms with Gasteiger partial charge in [-0.2, -0.15) is 0 Å². The molecule has 6 heteroatoms. The number of amides is 1. The quantitative estimate of drug-likeness (QED) is 0.936. The van der Waals surface area contributed by atoms with Crippen LogP contribution in [0.25, 0.3) is 5.65 Å². The topological polar surface area (TPSA) is 67.1 Å². The number of β-amino-alcohol motifs (C(OH)–C–C–N with tert-alkyl or cyclic N) is 1. The number of likely N-dealkylation sites (tertiary alicyclic amines) is 1. The average molecular weight is 303 g/mol. The lowest BCUT2D eigenvalue weighted by Gasteiger charge is -2.30. The number of aliphatic hydroxyl groups is 1. The van der Waals surface area contributed by atoms with E-state index in [2.05, 4.69) is 4.98 Å². The first kappa shape index (κ1) is 14.8. The molecule has 22 heavy (non-hydrogen) atoms. The molecule has 2 aromatic heterocycles. The van der Waals surface area contributed by atoms with Gasteiger partial charge in [-0.3, -0.25) is 9.20 Å². The molecule has 0 aromatic carbocycles. The molecule has 1 aliphatic heterocycles. The molecule has 0 radical (unpaired) electrons. The summed E-state index contributed by atoms with van der Waals surface area (Å²) in [6.07, 6.45) is 2.97. The molecule has 2 aromatic rings. The van der Waals surface area contributed by atoms with E-state index in [0.29, 0.717) is 42.5 Å². The van der Waals surface area contributed by atoms with Crippen LogP contribution in [0.3, 0.4) is 0 Å². The number of rotatable bonds is 3. The van der Waals surface area contributed by atoms with Crippen molar-refractivity contribution in [1.82, 2.24) is 14.3 Å². The molecule has 1 unspecified atom stereocenters. The number of hydrogen-bond donors (Lipinski definition) is 1. The third-order valence-electron chi connectivity index (χ3n) is 3.97.